The summed E-state index contributed by atoms with van der Waals surface area (Å²) in [6, 6.07) is 9.96. The van der Waals surface area contributed by atoms with E-state index < -0.39 is 0 Å². The maximum absolute atomic E-state index is 12.5. The molecule has 112 valence electrons. The van der Waals surface area contributed by atoms with Crippen LogP contribution in [0.2, 0.25) is 0 Å². The summed E-state index contributed by atoms with van der Waals surface area (Å²) < 4.78 is 1.71. The van der Waals surface area contributed by atoms with Gasteiger partial charge in [0.05, 0.1) is 17.8 Å². The normalized spacial score (nSPS) is 12.4. The summed E-state index contributed by atoms with van der Waals surface area (Å²) in [5.74, 6) is -0.0868. The summed E-state index contributed by atoms with van der Waals surface area (Å²) in [5, 5.41) is 7.22. The van der Waals surface area contributed by atoms with Gasteiger partial charge < -0.3 is 10.2 Å². The molecular weight excluding hydrogens is 264 g/mol. The second kappa shape index (κ2) is 6.54. The van der Waals surface area contributed by atoms with Crippen molar-refractivity contribution >= 4 is 5.91 Å². The van der Waals surface area contributed by atoms with Crippen LogP contribution in [-0.2, 0) is 7.05 Å². The molecule has 5 heteroatoms. The molecule has 0 radical (unpaired) electrons. The number of rotatable bonds is 5. The van der Waals surface area contributed by atoms with Gasteiger partial charge in [-0.15, -0.1) is 0 Å². The van der Waals surface area contributed by atoms with Gasteiger partial charge in [0.25, 0.3) is 5.91 Å². The Labute approximate surface area is 125 Å². The lowest BCUT2D eigenvalue weighted by Crippen LogP contribution is -2.35. The van der Waals surface area contributed by atoms with Crippen LogP contribution < -0.4 is 5.32 Å². The minimum atomic E-state index is -0.0868. The Morgan fingerprint density at radius 1 is 1.33 bits per heavy atom. The van der Waals surface area contributed by atoms with Crippen molar-refractivity contribution < 1.29 is 4.79 Å². The average molecular weight is 286 g/mol. The number of hydrogen-bond acceptors (Lipinski definition) is 3. The van der Waals surface area contributed by atoms with Crippen LogP contribution in [0.15, 0.2) is 36.5 Å². The van der Waals surface area contributed by atoms with E-state index in [-0.39, 0.29) is 11.9 Å². The molecular formula is C16H22N4O. The van der Waals surface area contributed by atoms with E-state index in [1.54, 1.807) is 10.9 Å². The fourth-order valence-corrected chi connectivity index (χ4v) is 2.24. The third-order valence-electron chi connectivity index (χ3n) is 3.53. The number of nitrogens with one attached hydrogen (secondary N) is 1. The van der Waals surface area contributed by atoms with Crippen molar-refractivity contribution in [3.8, 4) is 0 Å². The van der Waals surface area contributed by atoms with Crippen LogP contribution in [0.3, 0.4) is 0 Å². The molecule has 1 amide bonds. The largest absolute Gasteiger partial charge is 0.344 e. The van der Waals surface area contributed by atoms with Gasteiger partial charge in [-0.1, -0.05) is 30.3 Å². The molecule has 0 bridgehead atoms. The number of hydrogen-bond donors (Lipinski definition) is 1. The van der Waals surface area contributed by atoms with Crippen molar-refractivity contribution in [1.82, 2.24) is 20.0 Å². The summed E-state index contributed by atoms with van der Waals surface area (Å²) in [4.78, 5) is 14.5. The standard InChI is InChI=1S/C16H22N4O/c1-12-14(10-17-20(12)4)16(21)18-15(11-19(2)3)13-8-6-5-7-9-13/h5-10,15H,11H2,1-4H3,(H,18,21)/t15-/m0/s1. The first-order chi connectivity index (χ1) is 9.99. The molecule has 0 aliphatic rings. The molecule has 1 aromatic carbocycles. The topological polar surface area (TPSA) is 50.2 Å². The van der Waals surface area contributed by atoms with Crippen LogP contribution in [0, 0.1) is 6.92 Å². The van der Waals surface area contributed by atoms with E-state index in [0.717, 1.165) is 17.8 Å². The van der Waals surface area contributed by atoms with E-state index in [9.17, 15) is 4.79 Å². The van der Waals surface area contributed by atoms with Crippen LogP contribution in [-0.4, -0.2) is 41.2 Å². The minimum absolute atomic E-state index is 0.0479. The molecule has 1 aromatic heterocycles. The van der Waals surface area contributed by atoms with Gasteiger partial charge in [0.2, 0.25) is 0 Å². The zero-order valence-electron chi connectivity index (χ0n) is 13.0. The Morgan fingerprint density at radius 3 is 2.52 bits per heavy atom. The Kier molecular flexibility index (Phi) is 4.75. The number of likely N-dealkylation sites (N-methyl/N-ethyl adjacent to an activating group) is 1. The van der Waals surface area contributed by atoms with Crippen molar-refractivity contribution in [2.45, 2.75) is 13.0 Å². The smallest absolute Gasteiger partial charge is 0.255 e. The molecule has 1 atom stereocenters. The van der Waals surface area contributed by atoms with Gasteiger partial charge >= 0.3 is 0 Å². The number of carbonyl (C=O) groups excluding carboxylic acids is 1. The van der Waals surface area contributed by atoms with E-state index in [0.29, 0.717) is 5.56 Å². The molecule has 0 saturated heterocycles. The Balaban J connectivity index is 2.19. The molecule has 0 saturated carbocycles. The average Bonchev–Trinajstić information content (AvgIpc) is 2.79. The second-order valence-electron chi connectivity index (χ2n) is 5.47. The van der Waals surface area contributed by atoms with E-state index in [4.69, 9.17) is 0 Å². The molecule has 0 fully saturated rings. The molecule has 0 spiro atoms. The molecule has 5 nitrogen and oxygen atoms in total. The summed E-state index contributed by atoms with van der Waals surface area (Å²) in [6.45, 7) is 2.64. The van der Waals surface area contributed by atoms with Crippen molar-refractivity contribution in [2.24, 2.45) is 7.05 Å². The predicted molar refractivity (Wildman–Crippen MR) is 83.1 cm³/mol. The first-order valence-corrected chi connectivity index (χ1v) is 6.98. The van der Waals surface area contributed by atoms with Gasteiger partial charge in [0, 0.05) is 19.3 Å². The van der Waals surface area contributed by atoms with Gasteiger partial charge in [0.1, 0.15) is 0 Å². The van der Waals surface area contributed by atoms with Crippen LogP contribution in [0.5, 0.6) is 0 Å². The first kappa shape index (κ1) is 15.3. The molecule has 0 aliphatic carbocycles. The lowest BCUT2D eigenvalue weighted by atomic mass is 10.1. The van der Waals surface area contributed by atoms with Gasteiger partial charge in [-0.2, -0.15) is 5.10 Å². The van der Waals surface area contributed by atoms with Crippen molar-refractivity contribution in [2.75, 3.05) is 20.6 Å². The number of aromatic nitrogens is 2. The van der Waals surface area contributed by atoms with Crippen LogP contribution in [0.1, 0.15) is 27.7 Å². The van der Waals surface area contributed by atoms with Gasteiger partial charge in [-0.25, -0.2) is 0 Å². The fourth-order valence-electron chi connectivity index (χ4n) is 2.24. The highest BCUT2D eigenvalue weighted by atomic mass is 16.1. The lowest BCUT2D eigenvalue weighted by Gasteiger charge is -2.22. The maximum atomic E-state index is 12.5. The molecule has 1 heterocycles. The Morgan fingerprint density at radius 2 is 2.00 bits per heavy atom. The summed E-state index contributed by atoms with van der Waals surface area (Å²) in [5.41, 5.74) is 2.59. The third-order valence-corrected chi connectivity index (χ3v) is 3.53. The van der Waals surface area contributed by atoms with E-state index in [1.807, 2.05) is 58.4 Å². The monoisotopic (exact) mass is 286 g/mol. The Bertz CT molecular complexity index is 604. The number of benzene rings is 1. The number of amides is 1. The van der Waals surface area contributed by atoms with Crippen LogP contribution in [0.4, 0.5) is 0 Å². The third kappa shape index (κ3) is 3.70. The minimum Gasteiger partial charge on any atom is -0.344 e. The zero-order valence-corrected chi connectivity index (χ0v) is 13.0. The van der Waals surface area contributed by atoms with Crippen LogP contribution in [0.25, 0.3) is 0 Å². The van der Waals surface area contributed by atoms with Gasteiger partial charge in [-0.05, 0) is 26.6 Å². The van der Waals surface area contributed by atoms with Crippen molar-refractivity contribution in [3.63, 3.8) is 0 Å². The van der Waals surface area contributed by atoms with Crippen LogP contribution >= 0.6 is 0 Å². The van der Waals surface area contributed by atoms with E-state index in [1.165, 1.54) is 0 Å². The SMILES string of the molecule is Cc1c(C(=O)N[C@@H](CN(C)C)c2ccccc2)cnn1C. The number of nitrogens with zero attached hydrogens (tertiary/aromatic N) is 3. The number of carbonyl (C=O) groups is 1. The highest BCUT2D eigenvalue weighted by Gasteiger charge is 2.19. The maximum Gasteiger partial charge on any atom is 0.255 e. The van der Waals surface area contributed by atoms with Gasteiger partial charge in [-0.3, -0.25) is 9.48 Å². The molecule has 21 heavy (non-hydrogen) atoms. The molecule has 1 N–H and O–H groups in total. The summed E-state index contributed by atoms with van der Waals surface area (Å²) in [7, 11) is 5.83. The zero-order chi connectivity index (χ0) is 15.4. The second-order valence-corrected chi connectivity index (χ2v) is 5.47. The molecule has 0 aliphatic heterocycles. The molecule has 2 rings (SSSR count). The van der Waals surface area contributed by atoms with E-state index >= 15 is 0 Å². The van der Waals surface area contributed by atoms with Gasteiger partial charge in [0.15, 0.2) is 0 Å². The first-order valence-electron chi connectivity index (χ1n) is 6.98. The summed E-state index contributed by atoms with van der Waals surface area (Å²) in [6.07, 6.45) is 1.61. The lowest BCUT2D eigenvalue weighted by molar-refractivity contribution is 0.0929. The molecule has 0 unspecified atom stereocenters. The summed E-state index contributed by atoms with van der Waals surface area (Å²) >= 11 is 0. The van der Waals surface area contributed by atoms with Crippen molar-refractivity contribution in [3.05, 3.63) is 53.3 Å². The molecule has 2 aromatic rings. The highest BCUT2D eigenvalue weighted by Crippen LogP contribution is 2.15. The number of aryl methyl sites for hydroxylation is 1. The highest BCUT2D eigenvalue weighted by molar-refractivity contribution is 5.95. The fraction of sp³-hybridized carbons (Fsp3) is 0.375. The van der Waals surface area contributed by atoms with E-state index in [2.05, 4.69) is 15.3 Å². The predicted octanol–water partition coefficient (Wildman–Crippen LogP) is 1.76. The quantitative estimate of drug-likeness (QED) is 0.911. The Hall–Kier alpha value is -2.14. The van der Waals surface area contributed by atoms with Crippen molar-refractivity contribution in [1.29, 1.82) is 0 Å².